The normalized spacial score (nSPS) is 11.7. The van der Waals surface area contributed by atoms with Crippen LogP contribution in [0.15, 0.2) is 54.9 Å². The van der Waals surface area contributed by atoms with Crippen LogP contribution < -0.4 is 10.6 Å². The Morgan fingerprint density at radius 3 is 2.41 bits per heavy atom. The van der Waals surface area contributed by atoms with Crippen LogP contribution in [-0.2, 0) is 0 Å². The zero-order valence-electron chi connectivity index (χ0n) is 18.1. The summed E-state index contributed by atoms with van der Waals surface area (Å²) in [5.41, 5.74) is 2.93. The van der Waals surface area contributed by atoms with Gasteiger partial charge in [-0.1, -0.05) is 12.6 Å². The van der Waals surface area contributed by atoms with E-state index in [1.54, 1.807) is 12.3 Å². The zero-order chi connectivity index (χ0) is 25.1. The van der Waals surface area contributed by atoms with E-state index in [9.17, 15) is 22.0 Å². The van der Waals surface area contributed by atoms with Crippen molar-refractivity contribution >= 4 is 39.4 Å². The number of nitrogens with zero attached hydrogens (tertiary/aromatic N) is 3. The molecule has 3 aromatic heterocycles. The van der Waals surface area contributed by atoms with Gasteiger partial charge in [0.25, 0.3) is 5.92 Å². The number of aromatic amines is 1. The standard InChI is InChI=1S/C18H15F3N6.C4H6F2O/c1-10-2-3-11-8-12(4-5-14(11)24-10)25-17-26-15-13(6-7-22-15)16(27-17)23-9-18(19,20)21;1-3(7)4(2,5)6/h2-8H,9H2,1H3,(H3,22,23,25,26,27);7H,1H2,2H3. The highest BCUT2D eigenvalue weighted by atomic mass is 19.4. The van der Waals surface area contributed by atoms with Crippen molar-refractivity contribution in [3.63, 3.8) is 0 Å². The number of H-pyrrole nitrogens is 1. The number of pyridine rings is 1. The quantitative estimate of drug-likeness (QED) is 0.199. The SMILES string of the molecule is C=C(O)C(C)(F)F.Cc1ccc2cc(Nc3nc(NCC(F)(F)F)c4cc[nH]c4n3)ccc2n1. The van der Waals surface area contributed by atoms with Gasteiger partial charge in [-0.2, -0.15) is 31.9 Å². The van der Waals surface area contributed by atoms with Crippen molar-refractivity contribution in [1.29, 1.82) is 0 Å². The topological polar surface area (TPSA) is 98.8 Å². The summed E-state index contributed by atoms with van der Waals surface area (Å²) in [6, 6.07) is 11.1. The highest BCUT2D eigenvalue weighted by Crippen LogP contribution is 2.26. The lowest BCUT2D eigenvalue weighted by atomic mass is 10.2. The summed E-state index contributed by atoms with van der Waals surface area (Å²) in [4.78, 5) is 15.8. The van der Waals surface area contributed by atoms with E-state index < -0.39 is 24.4 Å². The Hall–Kier alpha value is -3.96. The number of aliphatic hydroxyl groups is 1. The number of halogens is 5. The van der Waals surface area contributed by atoms with E-state index in [0.717, 1.165) is 16.6 Å². The fraction of sp³-hybridized carbons (Fsp3) is 0.227. The minimum atomic E-state index is -4.34. The molecular weight excluding hydrogens is 459 g/mol. The Balaban J connectivity index is 0.000000406. The molecule has 7 nitrogen and oxygen atoms in total. The summed E-state index contributed by atoms with van der Waals surface area (Å²) < 4.78 is 60.7. The molecule has 0 spiro atoms. The molecular formula is C22H21F5N6O. The Morgan fingerprint density at radius 2 is 1.76 bits per heavy atom. The predicted octanol–water partition coefficient (Wildman–Crippen LogP) is 6.25. The summed E-state index contributed by atoms with van der Waals surface area (Å²) in [7, 11) is 0. The average molecular weight is 480 g/mol. The summed E-state index contributed by atoms with van der Waals surface area (Å²) in [6.07, 6.45) is -2.74. The van der Waals surface area contributed by atoms with Crippen molar-refractivity contribution in [2.75, 3.05) is 17.2 Å². The summed E-state index contributed by atoms with van der Waals surface area (Å²) in [6.45, 7) is 3.95. The zero-order valence-corrected chi connectivity index (χ0v) is 18.1. The first-order valence-corrected chi connectivity index (χ1v) is 9.88. The van der Waals surface area contributed by atoms with Crippen molar-refractivity contribution in [3.8, 4) is 0 Å². The molecule has 0 aliphatic carbocycles. The fourth-order valence-electron chi connectivity index (χ4n) is 2.75. The molecule has 0 aliphatic rings. The number of alkyl halides is 5. The first kappa shape index (κ1) is 24.7. The van der Waals surface area contributed by atoms with Crippen LogP contribution in [0, 0.1) is 6.92 Å². The molecule has 0 unspecified atom stereocenters. The third kappa shape index (κ3) is 6.53. The minimum Gasteiger partial charge on any atom is -0.507 e. The lowest BCUT2D eigenvalue weighted by molar-refractivity contribution is -0.115. The molecule has 0 amide bonds. The molecule has 4 aromatic rings. The molecule has 4 rings (SSSR count). The Labute approximate surface area is 190 Å². The Bertz CT molecular complexity index is 1310. The van der Waals surface area contributed by atoms with Gasteiger partial charge in [-0.05, 0) is 37.3 Å². The first-order valence-electron chi connectivity index (χ1n) is 9.88. The third-order valence-electron chi connectivity index (χ3n) is 4.46. The highest BCUT2D eigenvalue weighted by molar-refractivity contribution is 5.89. The van der Waals surface area contributed by atoms with E-state index in [1.807, 2.05) is 37.3 Å². The molecule has 1 aromatic carbocycles. The molecule has 0 atom stereocenters. The smallest absolute Gasteiger partial charge is 0.405 e. The lowest BCUT2D eigenvalue weighted by Gasteiger charge is -2.12. The van der Waals surface area contributed by atoms with Gasteiger partial charge in [-0.15, -0.1) is 0 Å². The minimum absolute atomic E-state index is 0.110. The number of aryl methyl sites for hydroxylation is 1. The number of benzene rings is 1. The second kappa shape index (κ2) is 9.49. The number of aliphatic hydroxyl groups excluding tert-OH is 1. The van der Waals surface area contributed by atoms with Crippen molar-refractivity contribution in [1.82, 2.24) is 19.9 Å². The Morgan fingerprint density at radius 1 is 1.06 bits per heavy atom. The lowest BCUT2D eigenvalue weighted by Crippen LogP contribution is -2.22. The largest absolute Gasteiger partial charge is 0.507 e. The third-order valence-corrected chi connectivity index (χ3v) is 4.46. The van der Waals surface area contributed by atoms with E-state index in [1.165, 1.54) is 0 Å². The number of allylic oxidation sites excluding steroid dienone is 1. The number of aromatic nitrogens is 4. The van der Waals surface area contributed by atoms with E-state index in [-0.39, 0.29) is 11.8 Å². The number of anilines is 3. The molecule has 0 saturated heterocycles. The van der Waals surface area contributed by atoms with E-state index in [0.29, 0.717) is 23.6 Å². The van der Waals surface area contributed by atoms with E-state index in [4.69, 9.17) is 5.11 Å². The molecule has 0 saturated carbocycles. The van der Waals surface area contributed by atoms with Crippen molar-refractivity contribution in [2.45, 2.75) is 25.9 Å². The molecule has 180 valence electrons. The number of rotatable bonds is 5. The molecule has 34 heavy (non-hydrogen) atoms. The van der Waals surface area contributed by atoms with Crippen LogP contribution in [0.1, 0.15) is 12.6 Å². The van der Waals surface area contributed by atoms with Gasteiger partial charge in [0.05, 0.1) is 10.9 Å². The second-order valence-corrected chi connectivity index (χ2v) is 7.42. The van der Waals surface area contributed by atoms with Crippen LogP contribution in [-0.4, -0.2) is 43.7 Å². The number of fused-ring (bicyclic) bond motifs is 2. The summed E-state index contributed by atoms with van der Waals surface area (Å²) in [5.74, 6) is -3.93. The molecule has 12 heteroatoms. The first-order chi connectivity index (χ1) is 15.8. The second-order valence-electron chi connectivity index (χ2n) is 7.42. The van der Waals surface area contributed by atoms with Crippen LogP contribution in [0.25, 0.3) is 21.9 Å². The van der Waals surface area contributed by atoms with Crippen LogP contribution in [0.3, 0.4) is 0 Å². The van der Waals surface area contributed by atoms with Gasteiger partial charge in [0.2, 0.25) is 5.95 Å². The summed E-state index contributed by atoms with van der Waals surface area (Å²) >= 11 is 0. The maximum absolute atomic E-state index is 12.6. The van der Waals surface area contributed by atoms with Crippen LogP contribution in [0.5, 0.6) is 0 Å². The van der Waals surface area contributed by atoms with Crippen LogP contribution >= 0.6 is 0 Å². The van der Waals surface area contributed by atoms with E-state index >= 15 is 0 Å². The summed E-state index contributed by atoms with van der Waals surface area (Å²) in [5, 5.41) is 14.7. The molecule has 0 radical (unpaired) electrons. The van der Waals surface area contributed by atoms with Gasteiger partial charge >= 0.3 is 6.18 Å². The van der Waals surface area contributed by atoms with Gasteiger partial charge in [0, 0.05) is 29.9 Å². The van der Waals surface area contributed by atoms with E-state index in [2.05, 4.69) is 37.1 Å². The number of hydrogen-bond donors (Lipinski definition) is 4. The van der Waals surface area contributed by atoms with Gasteiger partial charge < -0.3 is 20.7 Å². The molecule has 4 N–H and O–H groups in total. The Kier molecular flexibility index (Phi) is 6.89. The number of nitrogens with one attached hydrogen (secondary N) is 3. The molecule has 0 aliphatic heterocycles. The van der Waals surface area contributed by atoms with Crippen LogP contribution in [0.2, 0.25) is 0 Å². The predicted molar refractivity (Wildman–Crippen MR) is 121 cm³/mol. The maximum atomic E-state index is 12.6. The van der Waals surface area contributed by atoms with Gasteiger partial charge in [0.15, 0.2) is 5.76 Å². The fourth-order valence-corrected chi connectivity index (χ4v) is 2.75. The maximum Gasteiger partial charge on any atom is 0.405 e. The van der Waals surface area contributed by atoms with Gasteiger partial charge in [0.1, 0.15) is 18.0 Å². The molecule has 3 heterocycles. The van der Waals surface area contributed by atoms with Crippen molar-refractivity contribution in [2.24, 2.45) is 0 Å². The van der Waals surface area contributed by atoms with Crippen molar-refractivity contribution in [3.05, 3.63) is 60.6 Å². The van der Waals surface area contributed by atoms with Crippen LogP contribution in [0.4, 0.5) is 39.4 Å². The molecule has 0 bridgehead atoms. The molecule has 0 fully saturated rings. The highest BCUT2D eigenvalue weighted by Gasteiger charge is 2.27. The van der Waals surface area contributed by atoms with Crippen molar-refractivity contribution < 1.29 is 27.1 Å². The average Bonchev–Trinajstić information content (AvgIpc) is 3.20. The van der Waals surface area contributed by atoms with Gasteiger partial charge in [-0.3, -0.25) is 4.98 Å². The monoisotopic (exact) mass is 480 g/mol. The van der Waals surface area contributed by atoms with Gasteiger partial charge in [-0.25, -0.2) is 0 Å². The number of hydrogen-bond acceptors (Lipinski definition) is 6.